The van der Waals surface area contributed by atoms with Gasteiger partial charge in [-0.3, -0.25) is 19.5 Å². The molecule has 4 amide bonds. The van der Waals surface area contributed by atoms with Crippen molar-refractivity contribution < 1.29 is 76.8 Å². The van der Waals surface area contributed by atoms with Crippen LogP contribution in [-0.4, -0.2) is 228 Å². The molecule has 1 saturated heterocycles. The van der Waals surface area contributed by atoms with Gasteiger partial charge >= 0.3 is 12.2 Å². The Hall–Kier alpha value is -5.18. The summed E-state index contributed by atoms with van der Waals surface area (Å²) in [6, 6.07) is 3.22. The van der Waals surface area contributed by atoms with Crippen molar-refractivity contribution in [1.29, 1.82) is 0 Å². The molecule has 79 heavy (non-hydrogen) atoms. The van der Waals surface area contributed by atoms with Crippen molar-refractivity contribution in [3.63, 3.8) is 0 Å². The molecule has 0 saturated carbocycles. The number of benzene rings is 1. The molecule has 450 valence electrons. The fourth-order valence-corrected chi connectivity index (χ4v) is 8.94. The highest BCUT2D eigenvalue weighted by molar-refractivity contribution is 6.30. The Bertz CT molecular complexity index is 2210. The van der Waals surface area contributed by atoms with Crippen molar-refractivity contribution in [1.82, 2.24) is 24.9 Å². The number of methoxy groups -OCH3 is 1. The number of nitrogens with two attached hydrogens (primary N) is 1. The minimum Gasteiger partial charge on any atom is -0.464 e. The smallest absolute Gasteiger partial charge is 0.410 e. The van der Waals surface area contributed by atoms with Gasteiger partial charge in [0.1, 0.15) is 41.4 Å². The lowest BCUT2D eigenvalue weighted by Crippen LogP contribution is -2.54. The molecule has 1 aromatic carbocycles. The maximum absolute atomic E-state index is 14.6. The number of nitrogens with one attached hydrogen (secondary N) is 1. The van der Waals surface area contributed by atoms with Gasteiger partial charge in [0.05, 0.1) is 88.7 Å². The second-order valence-corrected chi connectivity index (χ2v) is 20.9. The van der Waals surface area contributed by atoms with Gasteiger partial charge in [0.25, 0.3) is 0 Å². The van der Waals surface area contributed by atoms with Crippen LogP contribution in [0, 0.1) is 17.8 Å². The topological polar surface area (TPSA) is 292 Å². The molecule has 24 nitrogen and oxygen atoms in total. The molecular formula is C55H94N8O16. The Morgan fingerprint density at radius 2 is 1.53 bits per heavy atom. The zero-order chi connectivity index (χ0) is 58.9. The fraction of sp³-hybridized carbons (Fsp3) is 0.745. The molecular weight excluding hydrogens is 1030 g/mol. The first kappa shape index (κ1) is 68.1. The van der Waals surface area contributed by atoms with E-state index in [9.17, 15) is 34.5 Å². The van der Waals surface area contributed by atoms with Gasteiger partial charge in [-0.1, -0.05) is 54.9 Å². The number of nitrogens with zero attached hydrogens (tertiary/aromatic N) is 6. The van der Waals surface area contributed by atoms with Crippen LogP contribution in [0.25, 0.3) is 11.0 Å². The zero-order valence-electron chi connectivity index (χ0n) is 49.3. The number of hydrogen-bond donors (Lipinski definition) is 5. The van der Waals surface area contributed by atoms with Crippen LogP contribution in [0.4, 0.5) is 9.59 Å². The van der Waals surface area contributed by atoms with Gasteiger partial charge in [-0.25, -0.2) is 9.59 Å². The van der Waals surface area contributed by atoms with E-state index in [-0.39, 0.29) is 103 Å². The lowest BCUT2D eigenvalue weighted by molar-refractivity contribution is -0.229. The van der Waals surface area contributed by atoms with Crippen molar-refractivity contribution in [2.24, 2.45) is 33.7 Å². The number of rotatable bonds is 35. The molecule has 0 spiro atoms. The first-order chi connectivity index (χ1) is 37.5. The third-order valence-corrected chi connectivity index (χ3v) is 14.3. The Kier molecular flexibility index (Phi) is 30.0. The predicted molar refractivity (Wildman–Crippen MR) is 298 cm³/mol. The maximum Gasteiger partial charge on any atom is 0.410 e. The summed E-state index contributed by atoms with van der Waals surface area (Å²) >= 11 is 0. The van der Waals surface area contributed by atoms with Crippen molar-refractivity contribution in [3.05, 3.63) is 29.5 Å². The summed E-state index contributed by atoms with van der Waals surface area (Å²) in [5, 5.41) is 38.0. The number of aliphatic hydroxyl groups is 3. The average molecular weight is 1120 g/mol. The van der Waals surface area contributed by atoms with Crippen LogP contribution in [0.5, 0.6) is 5.75 Å². The van der Waals surface area contributed by atoms with Crippen molar-refractivity contribution in [2.75, 3.05) is 108 Å². The van der Waals surface area contributed by atoms with Gasteiger partial charge in [0.2, 0.25) is 18.1 Å². The molecule has 1 aliphatic heterocycles. The van der Waals surface area contributed by atoms with Crippen LogP contribution in [0.15, 0.2) is 32.7 Å². The molecule has 6 N–H and O–H groups in total. The highest BCUT2D eigenvalue weighted by atomic mass is 16.7. The van der Waals surface area contributed by atoms with E-state index in [4.69, 9.17) is 48.2 Å². The number of aliphatic hydroxyl groups excluding tert-OH is 3. The number of fused-ring (bicyclic) bond motifs is 1. The molecule has 0 aliphatic carbocycles. The summed E-state index contributed by atoms with van der Waals surface area (Å²) in [4.78, 5) is 66.3. The molecule has 3 rings (SSSR count). The number of amides is 4. The lowest BCUT2D eigenvalue weighted by atomic mass is 9.91. The second kappa shape index (κ2) is 34.8. The van der Waals surface area contributed by atoms with Crippen LogP contribution < -0.4 is 15.9 Å². The van der Waals surface area contributed by atoms with Gasteiger partial charge in [0.15, 0.2) is 6.61 Å². The van der Waals surface area contributed by atoms with Gasteiger partial charge in [0, 0.05) is 65.5 Å². The average Bonchev–Trinajstić information content (AvgIpc) is 3.95. The summed E-state index contributed by atoms with van der Waals surface area (Å²) in [6.07, 6.45) is -5.33. The van der Waals surface area contributed by atoms with Crippen LogP contribution in [-0.2, 0) is 49.4 Å². The van der Waals surface area contributed by atoms with E-state index in [0.717, 1.165) is 17.9 Å². The number of carbonyl (C=O) groups excluding carboxylic acids is 4. The summed E-state index contributed by atoms with van der Waals surface area (Å²) in [7, 11) is 10.3. The van der Waals surface area contributed by atoms with Crippen LogP contribution in [0.1, 0.15) is 98.5 Å². The van der Waals surface area contributed by atoms with Gasteiger partial charge in [-0.2, -0.15) is 5.10 Å². The molecule has 10 unspecified atom stereocenters. The largest absolute Gasteiger partial charge is 0.464 e. The minimum absolute atomic E-state index is 0.108. The molecule has 10 atom stereocenters. The Balaban J connectivity index is 2.01. The van der Waals surface area contributed by atoms with E-state index in [2.05, 4.69) is 22.3 Å². The maximum atomic E-state index is 14.6. The normalized spacial score (nSPS) is 19.3. The van der Waals surface area contributed by atoms with Crippen LogP contribution in [0.3, 0.4) is 0 Å². The van der Waals surface area contributed by atoms with Crippen molar-refractivity contribution in [3.8, 4) is 5.75 Å². The summed E-state index contributed by atoms with van der Waals surface area (Å²) in [5.74, 6) is 5.19. The number of furan rings is 1. The molecule has 1 fully saturated rings. The number of likely N-dealkylation sites (N-methyl/N-ethyl adjacent to an activating group) is 3. The standard InChI is InChI=1S/C55H94N8O16/c1-15-36(7)50(43(16-2)71-14)62(12)47(66)31-58-53(68)49(35(5)6)63(13)55(70)79-45(27-38(59-56)30-57-19-21-72-23-25-74-26-24-73-22-20-60(9)10)40-17-18-44(77-48-29-42(65)51(67)46(32-64)78-48)41-28-39(76-52(40)41)33-75-54(69)61(11)37(8)34(3)4/h17-18,28,30,34-37,42-43,45-46,48-51,64-65,67H,15-16,19-27,29,31-33,56H2,1-14H3,(H,58,68). The predicted octanol–water partition coefficient (Wildman–Crippen LogP) is 4.19. The third kappa shape index (κ3) is 21.0. The first-order valence-corrected chi connectivity index (χ1v) is 27.4. The highest BCUT2D eigenvalue weighted by Crippen LogP contribution is 2.39. The Labute approximate surface area is 467 Å². The summed E-state index contributed by atoms with van der Waals surface area (Å²) < 4.78 is 53.1. The SMILES string of the molecule is CCC(C)C(C(CC)OC)N(C)C(=O)CNC(=O)C(C(C)C)N(C)C(=O)OC(CC(C=NCCOCCOCCOCCN(C)C)=NN)c1ccc(OC2CC(O)C(O)C(CO)O2)c2cc(COC(=O)N(C)C(C)C(C)C)oc12. The van der Waals surface area contributed by atoms with Gasteiger partial charge in [-0.15, -0.1) is 0 Å². The second-order valence-electron chi connectivity index (χ2n) is 20.9. The van der Waals surface area contributed by atoms with E-state index >= 15 is 0 Å². The summed E-state index contributed by atoms with van der Waals surface area (Å²) in [6.45, 7) is 17.7. The van der Waals surface area contributed by atoms with Crippen LogP contribution >= 0.6 is 0 Å². The number of carbonyl (C=O) groups is 4. The van der Waals surface area contributed by atoms with Gasteiger partial charge in [-0.05, 0) is 63.4 Å². The number of hydrogen-bond acceptors (Lipinski definition) is 20. The first-order valence-electron chi connectivity index (χ1n) is 27.4. The van der Waals surface area contributed by atoms with Gasteiger partial charge < -0.3 is 83.5 Å². The molecule has 0 bridgehead atoms. The van der Waals surface area contributed by atoms with Crippen molar-refractivity contribution in [2.45, 2.75) is 143 Å². The van der Waals surface area contributed by atoms with Crippen molar-refractivity contribution >= 4 is 46.9 Å². The number of aliphatic imine (C=N–C) groups is 1. The van der Waals surface area contributed by atoms with E-state index in [1.54, 1.807) is 58.2 Å². The quantitative estimate of drug-likeness (QED) is 0.0280. The zero-order valence-corrected chi connectivity index (χ0v) is 49.3. The lowest BCUT2D eigenvalue weighted by Gasteiger charge is -2.37. The monoisotopic (exact) mass is 1120 g/mol. The van der Waals surface area contributed by atoms with E-state index in [1.165, 1.54) is 18.2 Å². The van der Waals surface area contributed by atoms with E-state index in [1.807, 2.05) is 53.6 Å². The fourth-order valence-electron chi connectivity index (χ4n) is 8.94. The number of ether oxygens (including phenoxy) is 8. The molecule has 24 heteroatoms. The molecule has 1 aromatic heterocycles. The molecule has 2 heterocycles. The van der Waals surface area contributed by atoms with E-state index < -0.39 is 67.4 Å². The summed E-state index contributed by atoms with van der Waals surface area (Å²) in [5.41, 5.74) is 0.600. The highest BCUT2D eigenvalue weighted by Gasteiger charge is 2.39. The van der Waals surface area contributed by atoms with Crippen LogP contribution in [0.2, 0.25) is 0 Å². The molecule has 0 radical (unpaired) electrons. The Morgan fingerprint density at radius 3 is 2.11 bits per heavy atom. The Morgan fingerprint density at radius 1 is 0.873 bits per heavy atom. The third-order valence-electron chi connectivity index (χ3n) is 14.3. The molecule has 1 aliphatic rings. The van der Waals surface area contributed by atoms with E-state index in [0.29, 0.717) is 44.8 Å². The minimum atomic E-state index is -1.36. The number of hydrazone groups is 1. The molecule has 2 aromatic rings.